The van der Waals surface area contributed by atoms with E-state index in [4.69, 9.17) is 0 Å². The summed E-state index contributed by atoms with van der Waals surface area (Å²) in [6.45, 7) is 4.68. The minimum Gasteiger partial charge on any atom is -0.287 e. The van der Waals surface area contributed by atoms with E-state index in [0.29, 0.717) is 16.1 Å². The molecule has 0 saturated heterocycles. The molecule has 0 N–H and O–H groups in total. The van der Waals surface area contributed by atoms with Gasteiger partial charge in [0, 0.05) is 12.7 Å². The average molecular weight is 236 g/mol. The van der Waals surface area contributed by atoms with Gasteiger partial charge < -0.3 is 0 Å². The van der Waals surface area contributed by atoms with Gasteiger partial charge in [-0.05, 0) is 24.9 Å². The third-order valence-electron chi connectivity index (χ3n) is 2.21. The van der Waals surface area contributed by atoms with Crippen LogP contribution in [0.4, 0.5) is 0 Å². The van der Waals surface area contributed by atoms with Crippen LogP contribution in [0.1, 0.15) is 34.3 Å². The van der Waals surface area contributed by atoms with Crippen LogP contribution < -0.4 is 0 Å². The monoisotopic (exact) mass is 236 g/mol. The zero-order valence-corrected chi connectivity index (χ0v) is 9.99. The lowest BCUT2D eigenvalue weighted by molar-refractivity contribution is 0.104. The highest BCUT2D eigenvalue weighted by Gasteiger charge is 2.16. The van der Waals surface area contributed by atoms with Crippen molar-refractivity contribution in [2.75, 3.05) is 0 Å². The summed E-state index contributed by atoms with van der Waals surface area (Å²) < 4.78 is 5.53. The van der Waals surface area contributed by atoms with E-state index in [1.807, 2.05) is 0 Å². The Morgan fingerprint density at radius 3 is 3.00 bits per heavy atom. The summed E-state index contributed by atoms with van der Waals surface area (Å²) in [6, 6.07) is 0. The predicted octanol–water partition coefficient (Wildman–Crippen LogP) is 1.68. The van der Waals surface area contributed by atoms with Gasteiger partial charge >= 0.3 is 0 Å². The van der Waals surface area contributed by atoms with Crippen molar-refractivity contribution in [3.8, 4) is 0 Å². The Labute approximate surface area is 97.3 Å². The maximum absolute atomic E-state index is 12.0. The highest BCUT2D eigenvalue weighted by Crippen LogP contribution is 2.15. The molecule has 0 amide bonds. The Morgan fingerprint density at radius 1 is 1.56 bits per heavy atom. The highest BCUT2D eigenvalue weighted by atomic mass is 32.1. The Kier molecular flexibility index (Phi) is 3.09. The first kappa shape index (κ1) is 10.9. The van der Waals surface area contributed by atoms with Crippen LogP contribution in [0.2, 0.25) is 0 Å². The van der Waals surface area contributed by atoms with Gasteiger partial charge in [0.1, 0.15) is 4.88 Å². The number of ketones is 1. The fourth-order valence-electron chi connectivity index (χ4n) is 1.40. The maximum Gasteiger partial charge on any atom is 0.209 e. The highest BCUT2D eigenvalue weighted by molar-refractivity contribution is 7.08. The molecular weight excluding hydrogens is 224 g/mol. The van der Waals surface area contributed by atoms with Gasteiger partial charge in [-0.15, -0.1) is 5.10 Å². The molecule has 0 atom stereocenters. The Bertz CT molecular complexity index is 502. The normalized spacial score (nSPS) is 10.6. The van der Waals surface area contributed by atoms with Crippen molar-refractivity contribution in [2.24, 2.45) is 0 Å². The third kappa shape index (κ3) is 2.01. The summed E-state index contributed by atoms with van der Waals surface area (Å²) >= 11 is 1.13. The SMILES string of the molecule is CCCn1cc(C(=O)c2snnc2C)cn1. The van der Waals surface area contributed by atoms with Crippen LogP contribution in [0, 0.1) is 6.92 Å². The molecular formula is C10H12N4OS. The molecule has 0 bridgehead atoms. The molecule has 2 aromatic heterocycles. The van der Waals surface area contributed by atoms with Gasteiger partial charge in [0.25, 0.3) is 0 Å². The first-order valence-electron chi connectivity index (χ1n) is 5.08. The van der Waals surface area contributed by atoms with E-state index in [1.54, 1.807) is 24.0 Å². The second-order valence-corrected chi connectivity index (χ2v) is 4.26. The Balaban J connectivity index is 2.24. The molecule has 0 aliphatic heterocycles. The van der Waals surface area contributed by atoms with E-state index in [0.717, 1.165) is 24.5 Å². The van der Waals surface area contributed by atoms with E-state index in [2.05, 4.69) is 21.6 Å². The van der Waals surface area contributed by atoms with E-state index in [1.165, 1.54) is 0 Å². The Hall–Kier alpha value is -1.56. The van der Waals surface area contributed by atoms with E-state index in [9.17, 15) is 4.79 Å². The summed E-state index contributed by atoms with van der Waals surface area (Å²) in [5.41, 5.74) is 1.28. The topological polar surface area (TPSA) is 60.7 Å². The Morgan fingerprint density at radius 2 is 2.38 bits per heavy atom. The molecule has 0 radical (unpaired) electrons. The number of carbonyl (C=O) groups is 1. The van der Waals surface area contributed by atoms with E-state index >= 15 is 0 Å². The number of aromatic nitrogens is 4. The minimum absolute atomic E-state index is 0.0464. The molecule has 0 spiro atoms. The quantitative estimate of drug-likeness (QED) is 0.758. The lowest BCUT2D eigenvalue weighted by Gasteiger charge is -1.95. The molecule has 0 aliphatic carbocycles. The number of rotatable bonds is 4. The first-order valence-corrected chi connectivity index (χ1v) is 5.85. The zero-order chi connectivity index (χ0) is 11.5. The number of hydrogen-bond acceptors (Lipinski definition) is 5. The molecule has 0 aromatic carbocycles. The molecule has 0 fully saturated rings. The van der Waals surface area contributed by atoms with Crippen molar-refractivity contribution in [3.05, 3.63) is 28.5 Å². The maximum atomic E-state index is 12.0. The molecule has 0 aliphatic rings. The average Bonchev–Trinajstić information content (AvgIpc) is 2.87. The predicted molar refractivity (Wildman–Crippen MR) is 60.6 cm³/mol. The lowest BCUT2D eigenvalue weighted by Crippen LogP contribution is -2.00. The van der Waals surface area contributed by atoms with Crippen molar-refractivity contribution < 1.29 is 4.79 Å². The van der Waals surface area contributed by atoms with Gasteiger partial charge in [-0.3, -0.25) is 9.48 Å². The van der Waals surface area contributed by atoms with E-state index < -0.39 is 0 Å². The molecule has 16 heavy (non-hydrogen) atoms. The second kappa shape index (κ2) is 4.52. The molecule has 84 valence electrons. The lowest BCUT2D eigenvalue weighted by atomic mass is 10.2. The van der Waals surface area contributed by atoms with Gasteiger partial charge in [0.15, 0.2) is 0 Å². The molecule has 2 aromatic rings. The van der Waals surface area contributed by atoms with Gasteiger partial charge in [0.05, 0.1) is 17.5 Å². The fourth-order valence-corrected chi connectivity index (χ4v) is 2.02. The van der Waals surface area contributed by atoms with Crippen molar-refractivity contribution >= 4 is 17.3 Å². The minimum atomic E-state index is -0.0464. The molecule has 5 nitrogen and oxygen atoms in total. The van der Waals surface area contributed by atoms with Gasteiger partial charge in [-0.1, -0.05) is 11.4 Å². The number of nitrogens with zero attached hydrogens (tertiary/aromatic N) is 4. The number of aryl methyl sites for hydroxylation is 2. The van der Waals surface area contributed by atoms with Crippen molar-refractivity contribution in [1.29, 1.82) is 0 Å². The molecule has 2 rings (SSSR count). The summed E-state index contributed by atoms with van der Waals surface area (Å²) in [4.78, 5) is 12.6. The molecule has 2 heterocycles. The summed E-state index contributed by atoms with van der Waals surface area (Å²) in [5.74, 6) is -0.0464. The molecule has 0 unspecified atom stereocenters. The van der Waals surface area contributed by atoms with Crippen LogP contribution in [0.3, 0.4) is 0 Å². The standard InChI is InChI=1S/C10H12N4OS/c1-3-4-14-6-8(5-11-14)9(15)10-7(2)12-13-16-10/h5-6H,3-4H2,1-2H3. The fraction of sp³-hybridized carbons (Fsp3) is 0.400. The van der Waals surface area contributed by atoms with Gasteiger partial charge in [-0.25, -0.2) is 0 Å². The molecule has 6 heteroatoms. The van der Waals surface area contributed by atoms with Crippen molar-refractivity contribution in [3.63, 3.8) is 0 Å². The van der Waals surface area contributed by atoms with Gasteiger partial charge in [-0.2, -0.15) is 5.10 Å². The van der Waals surface area contributed by atoms with Crippen LogP contribution in [-0.2, 0) is 6.54 Å². The van der Waals surface area contributed by atoms with Gasteiger partial charge in [0.2, 0.25) is 5.78 Å². The summed E-state index contributed by atoms with van der Waals surface area (Å²) in [7, 11) is 0. The number of carbonyl (C=O) groups excluding carboxylic acids is 1. The molecule has 0 saturated carbocycles. The van der Waals surface area contributed by atoms with Crippen molar-refractivity contribution in [1.82, 2.24) is 19.4 Å². The van der Waals surface area contributed by atoms with Crippen LogP contribution in [0.15, 0.2) is 12.4 Å². The van der Waals surface area contributed by atoms with Crippen LogP contribution in [0.25, 0.3) is 0 Å². The van der Waals surface area contributed by atoms with E-state index in [-0.39, 0.29) is 5.78 Å². The van der Waals surface area contributed by atoms with Crippen LogP contribution in [0.5, 0.6) is 0 Å². The van der Waals surface area contributed by atoms with Crippen LogP contribution in [-0.4, -0.2) is 25.2 Å². The largest absolute Gasteiger partial charge is 0.287 e. The van der Waals surface area contributed by atoms with Crippen LogP contribution >= 0.6 is 11.5 Å². The first-order chi connectivity index (χ1) is 7.72. The summed E-state index contributed by atoms with van der Waals surface area (Å²) in [6.07, 6.45) is 4.36. The summed E-state index contributed by atoms with van der Waals surface area (Å²) in [5, 5.41) is 7.95. The number of hydrogen-bond donors (Lipinski definition) is 0. The smallest absolute Gasteiger partial charge is 0.209 e. The zero-order valence-electron chi connectivity index (χ0n) is 9.17. The van der Waals surface area contributed by atoms with Crippen molar-refractivity contribution in [2.45, 2.75) is 26.8 Å². The third-order valence-corrected chi connectivity index (χ3v) is 3.03. The second-order valence-electron chi connectivity index (χ2n) is 3.51.